The van der Waals surface area contributed by atoms with Crippen molar-refractivity contribution in [1.82, 2.24) is 9.97 Å². The van der Waals surface area contributed by atoms with Gasteiger partial charge in [0.1, 0.15) is 10.3 Å². The van der Waals surface area contributed by atoms with Gasteiger partial charge < -0.3 is 0 Å². The number of hydrogen-bond donors (Lipinski definition) is 0. The minimum absolute atomic E-state index is 0.282. The van der Waals surface area contributed by atoms with Crippen LogP contribution >= 0.6 is 50.7 Å². The molecular weight excluding hydrogens is 334 g/mol. The van der Waals surface area contributed by atoms with Gasteiger partial charge in [-0.2, -0.15) is 0 Å². The number of rotatable bonds is 1. The van der Waals surface area contributed by atoms with Gasteiger partial charge in [-0.1, -0.05) is 34.8 Å². The smallest absolute Gasteiger partial charge is 0.162 e. The molecule has 0 radical (unpaired) electrons. The summed E-state index contributed by atoms with van der Waals surface area (Å²) in [7, 11) is 0. The zero-order chi connectivity index (χ0) is 11.7. The van der Waals surface area contributed by atoms with Crippen LogP contribution in [0.3, 0.4) is 0 Å². The highest BCUT2D eigenvalue weighted by molar-refractivity contribution is 9.10. The van der Waals surface area contributed by atoms with E-state index >= 15 is 0 Å². The Hall–Kier alpha value is -0.350. The van der Waals surface area contributed by atoms with Gasteiger partial charge in [0.15, 0.2) is 5.82 Å². The van der Waals surface area contributed by atoms with Crippen LogP contribution in [-0.4, -0.2) is 9.97 Å². The van der Waals surface area contributed by atoms with Gasteiger partial charge in [-0.15, -0.1) is 0 Å². The Morgan fingerprint density at radius 3 is 1.88 bits per heavy atom. The third kappa shape index (κ3) is 2.48. The van der Waals surface area contributed by atoms with E-state index in [0.29, 0.717) is 15.3 Å². The molecule has 0 N–H and O–H groups in total. The van der Waals surface area contributed by atoms with Crippen molar-refractivity contribution >= 4 is 50.7 Å². The normalized spacial score (nSPS) is 10.5. The molecule has 6 heteroatoms. The molecule has 2 aromatic rings. The second kappa shape index (κ2) is 4.88. The molecule has 0 aliphatic rings. The topological polar surface area (TPSA) is 25.8 Å². The molecular formula is C10H4BrCl3N2. The lowest BCUT2D eigenvalue weighted by Crippen LogP contribution is -1.91. The summed E-state index contributed by atoms with van der Waals surface area (Å²) in [4.78, 5) is 8.23. The number of nitrogens with zero attached hydrogens (tertiary/aromatic N) is 2. The highest BCUT2D eigenvalue weighted by Gasteiger charge is 2.10. The molecule has 0 aliphatic heterocycles. The molecule has 0 fully saturated rings. The van der Waals surface area contributed by atoms with Gasteiger partial charge in [-0.05, 0) is 40.2 Å². The summed E-state index contributed by atoms with van der Waals surface area (Å²) in [6.45, 7) is 0. The summed E-state index contributed by atoms with van der Waals surface area (Å²) in [5.74, 6) is 0.467. The van der Waals surface area contributed by atoms with E-state index in [1.165, 1.54) is 0 Å². The van der Waals surface area contributed by atoms with Gasteiger partial charge in [-0.3, -0.25) is 0 Å². The van der Waals surface area contributed by atoms with Crippen molar-refractivity contribution in [3.63, 3.8) is 0 Å². The first kappa shape index (κ1) is 12.1. The van der Waals surface area contributed by atoms with Crippen molar-refractivity contribution in [3.05, 3.63) is 44.1 Å². The maximum atomic E-state index is 5.89. The van der Waals surface area contributed by atoms with Crippen LogP contribution in [0.5, 0.6) is 0 Å². The highest BCUT2D eigenvalue weighted by atomic mass is 79.9. The van der Waals surface area contributed by atoms with Crippen LogP contribution in [0.4, 0.5) is 0 Å². The Labute approximate surface area is 116 Å². The largest absolute Gasteiger partial charge is 0.215 e. The van der Waals surface area contributed by atoms with Crippen molar-refractivity contribution in [2.75, 3.05) is 0 Å². The molecule has 0 saturated heterocycles. The van der Waals surface area contributed by atoms with Crippen molar-refractivity contribution < 1.29 is 0 Å². The summed E-state index contributed by atoms with van der Waals surface area (Å²) in [5.41, 5.74) is 0.806. The molecule has 0 atom stereocenters. The van der Waals surface area contributed by atoms with Gasteiger partial charge in [0.05, 0.1) is 4.47 Å². The fourth-order valence-corrected chi connectivity index (χ4v) is 1.81. The molecule has 1 aromatic carbocycles. The summed E-state index contributed by atoms with van der Waals surface area (Å²) in [6, 6.07) is 7.12. The number of benzene rings is 1. The lowest BCUT2D eigenvalue weighted by Gasteiger charge is -2.03. The SMILES string of the molecule is Clc1ccc(-c2nc(Cl)c(Br)c(Cl)n2)cc1. The molecule has 0 aliphatic carbocycles. The van der Waals surface area contributed by atoms with Crippen molar-refractivity contribution in [1.29, 1.82) is 0 Å². The molecule has 0 saturated carbocycles. The van der Waals surface area contributed by atoms with E-state index in [2.05, 4.69) is 25.9 Å². The third-order valence-corrected chi connectivity index (χ3v) is 3.88. The van der Waals surface area contributed by atoms with Crippen LogP contribution in [0, 0.1) is 0 Å². The average Bonchev–Trinajstić information content (AvgIpc) is 2.26. The summed E-state index contributed by atoms with van der Waals surface area (Å²) >= 11 is 20.8. The lowest BCUT2D eigenvalue weighted by atomic mass is 10.2. The maximum Gasteiger partial charge on any atom is 0.162 e. The number of hydrogen-bond acceptors (Lipinski definition) is 2. The zero-order valence-electron chi connectivity index (χ0n) is 7.72. The van der Waals surface area contributed by atoms with E-state index in [-0.39, 0.29) is 10.3 Å². The Morgan fingerprint density at radius 2 is 1.38 bits per heavy atom. The molecule has 0 unspecified atom stereocenters. The van der Waals surface area contributed by atoms with Crippen molar-refractivity contribution in [2.45, 2.75) is 0 Å². The van der Waals surface area contributed by atoms with Crippen molar-refractivity contribution in [3.8, 4) is 11.4 Å². The summed E-state index contributed by atoms with van der Waals surface area (Å²) in [5, 5.41) is 1.22. The summed E-state index contributed by atoms with van der Waals surface area (Å²) < 4.78 is 0.494. The fraction of sp³-hybridized carbons (Fsp3) is 0. The Morgan fingerprint density at radius 1 is 0.875 bits per heavy atom. The zero-order valence-corrected chi connectivity index (χ0v) is 11.6. The van der Waals surface area contributed by atoms with E-state index < -0.39 is 0 Å². The first-order chi connectivity index (χ1) is 7.58. The average molecular weight is 338 g/mol. The van der Waals surface area contributed by atoms with E-state index in [9.17, 15) is 0 Å². The minimum Gasteiger partial charge on any atom is -0.215 e. The monoisotopic (exact) mass is 336 g/mol. The van der Waals surface area contributed by atoms with Gasteiger partial charge in [0.25, 0.3) is 0 Å². The fourth-order valence-electron chi connectivity index (χ4n) is 1.12. The molecule has 1 heterocycles. The second-order valence-corrected chi connectivity index (χ2v) is 4.90. The van der Waals surface area contributed by atoms with Gasteiger partial charge in [0, 0.05) is 10.6 Å². The molecule has 0 bridgehead atoms. The highest BCUT2D eigenvalue weighted by Crippen LogP contribution is 2.30. The van der Waals surface area contributed by atoms with Crippen LogP contribution < -0.4 is 0 Å². The molecule has 16 heavy (non-hydrogen) atoms. The molecule has 2 nitrogen and oxygen atoms in total. The number of halogens is 4. The predicted molar refractivity (Wildman–Crippen MR) is 70.2 cm³/mol. The standard InChI is InChI=1S/C10H4BrCl3N2/c11-7-8(13)15-10(16-9(7)14)5-1-3-6(12)4-2-5/h1-4H. The van der Waals surface area contributed by atoms with E-state index in [0.717, 1.165) is 5.56 Å². The molecule has 82 valence electrons. The van der Waals surface area contributed by atoms with Crippen LogP contribution in [0.1, 0.15) is 0 Å². The first-order valence-electron chi connectivity index (χ1n) is 4.22. The van der Waals surface area contributed by atoms with Crippen LogP contribution in [0.2, 0.25) is 15.3 Å². The second-order valence-electron chi connectivity index (χ2n) is 2.95. The van der Waals surface area contributed by atoms with Crippen LogP contribution in [0.25, 0.3) is 11.4 Å². The summed E-state index contributed by atoms with van der Waals surface area (Å²) in [6.07, 6.45) is 0. The van der Waals surface area contributed by atoms with Crippen molar-refractivity contribution in [2.24, 2.45) is 0 Å². The number of aromatic nitrogens is 2. The minimum atomic E-state index is 0.282. The van der Waals surface area contributed by atoms with E-state index in [1.807, 2.05) is 0 Å². The molecule has 2 rings (SSSR count). The Bertz CT molecular complexity index is 505. The lowest BCUT2D eigenvalue weighted by molar-refractivity contribution is 1.16. The quantitative estimate of drug-likeness (QED) is 0.694. The Balaban J connectivity index is 2.52. The van der Waals surface area contributed by atoms with Gasteiger partial charge in [0.2, 0.25) is 0 Å². The third-order valence-electron chi connectivity index (χ3n) is 1.87. The van der Waals surface area contributed by atoms with E-state index in [1.54, 1.807) is 24.3 Å². The molecule has 0 amide bonds. The Kier molecular flexibility index (Phi) is 3.70. The maximum absolute atomic E-state index is 5.89. The van der Waals surface area contributed by atoms with Gasteiger partial charge in [-0.25, -0.2) is 9.97 Å². The first-order valence-corrected chi connectivity index (χ1v) is 6.15. The molecule has 0 spiro atoms. The molecule has 1 aromatic heterocycles. The van der Waals surface area contributed by atoms with Crippen LogP contribution in [0.15, 0.2) is 28.7 Å². The van der Waals surface area contributed by atoms with E-state index in [4.69, 9.17) is 34.8 Å². The van der Waals surface area contributed by atoms with Gasteiger partial charge >= 0.3 is 0 Å². The van der Waals surface area contributed by atoms with Crippen LogP contribution in [-0.2, 0) is 0 Å². The predicted octanol–water partition coefficient (Wildman–Crippen LogP) is 4.87.